The maximum Gasteiger partial charge on any atom is 0.321 e. The number of anilines is 2. The zero-order valence-electron chi connectivity index (χ0n) is 20.8. The summed E-state index contributed by atoms with van der Waals surface area (Å²) in [4.78, 5) is 31.7. The third kappa shape index (κ3) is 5.91. The van der Waals surface area contributed by atoms with Crippen LogP contribution in [0.5, 0.6) is 0 Å². The van der Waals surface area contributed by atoms with E-state index in [1.807, 2.05) is 23.1 Å². The Morgan fingerprint density at radius 1 is 0.941 bits per heavy atom. The van der Waals surface area contributed by atoms with Crippen molar-refractivity contribution in [2.45, 2.75) is 39.0 Å². The quantitative estimate of drug-likeness (QED) is 0.672. The lowest BCUT2D eigenvalue weighted by molar-refractivity contribution is 0.0697. The third-order valence-electron chi connectivity index (χ3n) is 7.28. The third-order valence-corrected chi connectivity index (χ3v) is 7.28. The number of rotatable bonds is 5. The summed E-state index contributed by atoms with van der Waals surface area (Å²) in [5.74, 6) is 1.41. The zero-order valence-corrected chi connectivity index (χ0v) is 20.8. The normalized spacial score (nSPS) is 17.5. The van der Waals surface area contributed by atoms with E-state index in [0.717, 1.165) is 64.0 Å². The number of nitrogens with one attached hydrogen (secondary N) is 1. The summed E-state index contributed by atoms with van der Waals surface area (Å²) in [7, 11) is 3.43. The Morgan fingerprint density at radius 3 is 2.26 bits per heavy atom. The first-order valence-corrected chi connectivity index (χ1v) is 12.6. The maximum atomic E-state index is 13.6. The van der Waals surface area contributed by atoms with Gasteiger partial charge < -0.3 is 20.0 Å². The van der Waals surface area contributed by atoms with Crippen molar-refractivity contribution in [1.82, 2.24) is 9.80 Å². The summed E-state index contributed by atoms with van der Waals surface area (Å²) < 4.78 is 0. The number of hydrogen-bond donors (Lipinski definition) is 1. The molecule has 2 heterocycles. The van der Waals surface area contributed by atoms with Gasteiger partial charge in [0.1, 0.15) is 0 Å². The highest BCUT2D eigenvalue weighted by Gasteiger charge is 2.27. The lowest BCUT2D eigenvalue weighted by Gasteiger charge is -2.36. The van der Waals surface area contributed by atoms with Crippen LogP contribution < -0.4 is 10.2 Å². The fourth-order valence-corrected chi connectivity index (χ4v) is 5.00. The first kappa shape index (κ1) is 24.1. The SMILES string of the molecule is CC1CCN(C(=O)c2cc(NC(=O)N(C)C)ccc2N2CCC(Cc3ccccc3)CC2)CC1. The molecule has 0 atom stereocenters. The Balaban J connectivity index is 1.51. The van der Waals surface area contributed by atoms with Crippen LogP contribution in [0.15, 0.2) is 48.5 Å². The highest BCUT2D eigenvalue weighted by Crippen LogP contribution is 2.32. The van der Waals surface area contributed by atoms with E-state index < -0.39 is 0 Å². The number of hydrogen-bond acceptors (Lipinski definition) is 3. The molecule has 0 radical (unpaired) electrons. The lowest BCUT2D eigenvalue weighted by atomic mass is 9.89. The Labute approximate surface area is 203 Å². The molecule has 0 saturated carbocycles. The second-order valence-corrected chi connectivity index (χ2v) is 10.2. The summed E-state index contributed by atoms with van der Waals surface area (Å²) in [6, 6.07) is 16.3. The molecule has 3 amide bonds. The molecule has 0 spiro atoms. The molecule has 0 aromatic heterocycles. The van der Waals surface area contributed by atoms with Gasteiger partial charge in [0.25, 0.3) is 5.91 Å². The van der Waals surface area contributed by atoms with Gasteiger partial charge in [0.15, 0.2) is 0 Å². The minimum Gasteiger partial charge on any atom is -0.371 e. The summed E-state index contributed by atoms with van der Waals surface area (Å²) in [5, 5.41) is 2.91. The predicted molar refractivity (Wildman–Crippen MR) is 139 cm³/mol. The van der Waals surface area contributed by atoms with Crippen LogP contribution in [0, 0.1) is 11.8 Å². The molecule has 0 bridgehead atoms. The number of carbonyl (C=O) groups excluding carboxylic acids is 2. The second-order valence-electron chi connectivity index (χ2n) is 10.2. The first-order valence-electron chi connectivity index (χ1n) is 12.6. The van der Waals surface area contributed by atoms with Crippen LogP contribution in [0.3, 0.4) is 0 Å². The lowest BCUT2D eigenvalue weighted by Crippen LogP contribution is -2.40. The molecule has 2 fully saturated rings. The monoisotopic (exact) mass is 462 g/mol. The molecular weight excluding hydrogens is 424 g/mol. The Bertz CT molecular complexity index is 975. The number of likely N-dealkylation sites (tertiary alicyclic amines) is 1. The van der Waals surface area contributed by atoms with Gasteiger partial charge >= 0.3 is 6.03 Å². The zero-order chi connectivity index (χ0) is 24.1. The Hall–Kier alpha value is -3.02. The molecule has 34 heavy (non-hydrogen) atoms. The summed E-state index contributed by atoms with van der Waals surface area (Å²) in [6.45, 7) is 5.74. The van der Waals surface area contributed by atoms with Crippen molar-refractivity contribution in [2.24, 2.45) is 11.8 Å². The molecule has 0 aliphatic carbocycles. The standard InChI is InChI=1S/C28H38N4O2/c1-21-11-15-32(16-12-21)27(33)25-20-24(29-28(34)30(2)3)9-10-26(25)31-17-13-23(14-18-31)19-22-7-5-4-6-8-22/h4-10,20-21,23H,11-19H2,1-3H3,(H,29,34). The second kappa shape index (κ2) is 10.9. The highest BCUT2D eigenvalue weighted by molar-refractivity contribution is 6.02. The van der Waals surface area contributed by atoms with Gasteiger partial charge in [0.2, 0.25) is 0 Å². The van der Waals surface area contributed by atoms with Crippen LogP contribution in [0.4, 0.5) is 16.2 Å². The number of benzene rings is 2. The number of nitrogens with zero attached hydrogens (tertiary/aromatic N) is 3. The van der Waals surface area contributed by atoms with E-state index >= 15 is 0 Å². The molecule has 2 aliphatic rings. The molecule has 2 aliphatic heterocycles. The van der Waals surface area contributed by atoms with Crippen LogP contribution in [0.2, 0.25) is 0 Å². The molecular formula is C28H38N4O2. The van der Waals surface area contributed by atoms with Crippen LogP contribution in [0.1, 0.15) is 48.5 Å². The van der Waals surface area contributed by atoms with Crippen molar-refractivity contribution < 1.29 is 9.59 Å². The van der Waals surface area contributed by atoms with E-state index in [-0.39, 0.29) is 11.9 Å². The molecule has 182 valence electrons. The van der Waals surface area contributed by atoms with Crippen molar-refractivity contribution >= 4 is 23.3 Å². The van der Waals surface area contributed by atoms with Crippen LogP contribution in [-0.2, 0) is 6.42 Å². The van der Waals surface area contributed by atoms with E-state index in [1.54, 1.807) is 14.1 Å². The van der Waals surface area contributed by atoms with Crippen molar-refractivity contribution in [2.75, 3.05) is 50.5 Å². The molecule has 2 aromatic carbocycles. The van der Waals surface area contributed by atoms with Crippen LogP contribution >= 0.6 is 0 Å². The van der Waals surface area contributed by atoms with Crippen molar-refractivity contribution in [1.29, 1.82) is 0 Å². The van der Waals surface area contributed by atoms with E-state index in [2.05, 4.69) is 47.5 Å². The average molecular weight is 463 g/mol. The molecule has 6 nitrogen and oxygen atoms in total. The van der Waals surface area contributed by atoms with Gasteiger partial charge in [-0.05, 0) is 67.7 Å². The van der Waals surface area contributed by atoms with Gasteiger partial charge in [-0.3, -0.25) is 4.79 Å². The van der Waals surface area contributed by atoms with E-state index in [4.69, 9.17) is 0 Å². The van der Waals surface area contributed by atoms with Crippen LogP contribution in [-0.4, -0.2) is 62.0 Å². The first-order chi connectivity index (χ1) is 16.4. The van der Waals surface area contributed by atoms with Gasteiger partial charge in [-0.2, -0.15) is 0 Å². The largest absolute Gasteiger partial charge is 0.371 e. The van der Waals surface area contributed by atoms with Crippen molar-refractivity contribution in [3.63, 3.8) is 0 Å². The molecule has 4 rings (SSSR count). The average Bonchev–Trinajstić information content (AvgIpc) is 2.85. The van der Waals surface area contributed by atoms with Gasteiger partial charge in [0.05, 0.1) is 5.56 Å². The minimum absolute atomic E-state index is 0.0780. The summed E-state index contributed by atoms with van der Waals surface area (Å²) >= 11 is 0. The van der Waals surface area contributed by atoms with Crippen LogP contribution in [0.25, 0.3) is 0 Å². The summed E-state index contributed by atoms with van der Waals surface area (Å²) in [6.07, 6.45) is 5.43. The van der Waals surface area contributed by atoms with E-state index in [1.165, 1.54) is 10.5 Å². The topological polar surface area (TPSA) is 55.9 Å². The van der Waals surface area contributed by atoms with Crippen molar-refractivity contribution in [3.05, 3.63) is 59.7 Å². The van der Waals surface area contributed by atoms with Gasteiger partial charge in [-0.15, -0.1) is 0 Å². The fraction of sp³-hybridized carbons (Fsp3) is 0.500. The van der Waals surface area contributed by atoms with Gasteiger partial charge in [0, 0.05) is 51.6 Å². The Kier molecular flexibility index (Phi) is 7.76. The highest BCUT2D eigenvalue weighted by atomic mass is 16.2. The van der Waals surface area contributed by atoms with Crippen molar-refractivity contribution in [3.8, 4) is 0 Å². The number of piperidine rings is 2. The molecule has 2 aromatic rings. The van der Waals surface area contributed by atoms with E-state index in [9.17, 15) is 9.59 Å². The molecule has 2 saturated heterocycles. The smallest absolute Gasteiger partial charge is 0.321 e. The Morgan fingerprint density at radius 2 is 1.62 bits per heavy atom. The summed E-state index contributed by atoms with van der Waals surface area (Å²) in [5.41, 5.74) is 3.75. The molecule has 0 unspecified atom stereocenters. The number of carbonyl (C=O) groups is 2. The fourth-order valence-electron chi connectivity index (χ4n) is 5.00. The minimum atomic E-state index is -0.195. The van der Waals surface area contributed by atoms with Gasteiger partial charge in [-0.1, -0.05) is 37.3 Å². The maximum absolute atomic E-state index is 13.6. The van der Waals surface area contributed by atoms with Gasteiger partial charge in [-0.25, -0.2) is 4.79 Å². The number of amides is 3. The molecule has 1 N–H and O–H groups in total. The predicted octanol–water partition coefficient (Wildman–Crippen LogP) is 5.11. The number of urea groups is 1. The molecule has 6 heteroatoms. The van der Waals surface area contributed by atoms with E-state index in [0.29, 0.717) is 23.1 Å².